The van der Waals surface area contributed by atoms with Crippen LogP contribution in [-0.2, 0) is 26.9 Å². The van der Waals surface area contributed by atoms with Crippen LogP contribution in [0.4, 0.5) is 18.9 Å². The minimum absolute atomic E-state index is 0.131. The summed E-state index contributed by atoms with van der Waals surface area (Å²) >= 11 is 0. The van der Waals surface area contributed by atoms with Crippen molar-refractivity contribution in [3.63, 3.8) is 0 Å². The van der Waals surface area contributed by atoms with Crippen molar-refractivity contribution in [2.45, 2.75) is 76.8 Å². The van der Waals surface area contributed by atoms with Gasteiger partial charge < -0.3 is 31.9 Å². The summed E-state index contributed by atoms with van der Waals surface area (Å²) in [5.41, 5.74) is 10.0. The van der Waals surface area contributed by atoms with E-state index in [4.69, 9.17) is 16.2 Å². The number of nitrogens with zero attached hydrogens (tertiary/aromatic N) is 2. The molecule has 2 aliphatic carbocycles. The molecule has 4 rings (SSSR count). The Balaban J connectivity index is 1.55. The molecular formula is C27H35F3N6O5. The second-order valence-corrected chi connectivity index (χ2v) is 11.4. The number of amides is 2. The largest absolute Gasteiger partial charge is 0.461 e. The number of aromatic nitrogens is 2. The van der Waals surface area contributed by atoms with Crippen molar-refractivity contribution in [1.82, 2.24) is 15.1 Å². The number of nitrogens with two attached hydrogens (primary N) is 2. The van der Waals surface area contributed by atoms with Crippen LogP contribution in [0.1, 0.15) is 79.4 Å². The fraction of sp³-hybridized carbons (Fsp3) is 0.556. The van der Waals surface area contributed by atoms with Gasteiger partial charge in [0.05, 0.1) is 29.6 Å². The average Bonchev–Trinajstić information content (AvgIpc) is 3.27. The summed E-state index contributed by atoms with van der Waals surface area (Å²) in [5.74, 6) is -1.75. The zero-order valence-electron chi connectivity index (χ0n) is 22.9. The van der Waals surface area contributed by atoms with Crippen molar-refractivity contribution in [1.29, 1.82) is 0 Å². The van der Waals surface area contributed by atoms with Gasteiger partial charge in [-0.25, -0.2) is 4.68 Å². The Morgan fingerprint density at radius 3 is 2.49 bits per heavy atom. The molecule has 0 radical (unpaired) electrons. The highest BCUT2D eigenvalue weighted by atomic mass is 19.4. The molecule has 224 valence electrons. The third-order valence-corrected chi connectivity index (χ3v) is 7.48. The molecule has 0 spiro atoms. The van der Waals surface area contributed by atoms with Gasteiger partial charge in [0.2, 0.25) is 5.91 Å². The molecule has 0 aliphatic heterocycles. The van der Waals surface area contributed by atoms with Crippen LogP contribution < -0.4 is 22.1 Å². The van der Waals surface area contributed by atoms with Gasteiger partial charge in [-0.1, -0.05) is 13.8 Å². The van der Waals surface area contributed by atoms with Gasteiger partial charge >= 0.3 is 12.1 Å². The lowest BCUT2D eigenvalue weighted by molar-refractivity contribution is -0.150. The van der Waals surface area contributed by atoms with Crippen molar-refractivity contribution >= 4 is 23.5 Å². The maximum atomic E-state index is 13.9. The molecule has 14 heteroatoms. The van der Waals surface area contributed by atoms with Crippen molar-refractivity contribution in [3.05, 3.63) is 40.7 Å². The molecule has 2 amide bonds. The molecule has 1 unspecified atom stereocenters. The number of carbonyl (C=O) groups excluding carboxylic acids is 3. The fourth-order valence-corrected chi connectivity index (χ4v) is 5.57. The Bertz CT molecular complexity index is 1320. The Morgan fingerprint density at radius 1 is 1.20 bits per heavy atom. The van der Waals surface area contributed by atoms with E-state index in [1.807, 2.05) is 13.8 Å². The molecular weight excluding hydrogens is 545 g/mol. The maximum Gasteiger partial charge on any atom is 0.435 e. The van der Waals surface area contributed by atoms with Crippen molar-refractivity contribution in [2.24, 2.45) is 16.9 Å². The second-order valence-electron chi connectivity index (χ2n) is 11.4. The van der Waals surface area contributed by atoms with Gasteiger partial charge in [-0.2, -0.15) is 18.3 Å². The van der Waals surface area contributed by atoms with Crippen LogP contribution in [0, 0.1) is 5.41 Å². The molecule has 2 aromatic rings. The minimum atomic E-state index is -4.76. The molecule has 1 atom stereocenters. The van der Waals surface area contributed by atoms with E-state index >= 15 is 0 Å². The van der Waals surface area contributed by atoms with Gasteiger partial charge in [-0.3, -0.25) is 14.4 Å². The SMILES string of the molecule is CC1(C)Cc2c(c(C(F)(F)F)nn2-c2ccc(C(N)=O)c(NC3CCC(OC(=O)CNC(=O)CN)CC3)c2)C(O)C1. The normalized spacial score (nSPS) is 22.0. The van der Waals surface area contributed by atoms with E-state index in [1.165, 1.54) is 22.9 Å². The average molecular weight is 581 g/mol. The number of aliphatic hydroxyl groups is 1. The highest BCUT2D eigenvalue weighted by Crippen LogP contribution is 2.46. The van der Waals surface area contributed by atoms with Crippen LogP contribution in [0.3, 0.4) is 0 Å². The Labute approximate surface area is 234 Å². The number of halogens is 3. The molecule has 0 saturated heterocycles. The lowest BCUT2D eigenvalue weighted by Crippen LogP contribution is -2.37. The Kier molecular flexibility index (Phi) is 8.64. The zero-order chi connectivity index (χ0) is 30.1. The first-order chi connectivity index (χ1) is 19.2. The van der Waals surface area contributed by atoms with Crippen molar-refractivity contribution in [2.75, 3.05) is 18.4 Å². The van der Waals surface area contributed by atoms with Crippen LogP contribution in [0.2, 0.25) is 0 Å². The summed E-state index contributed by atoms with van der Waals surface area (Å²) < 4.78 is 48.4. The number of fused-ring (bicyclic) bond motifs is 1. The standard InChI is InChI=1S/C27H35F3N6O5/c1-26(2)10-19-23(20(37)11-26)24(27(28,29)30)35-36(19)15-5-8-17(25(32)40)18(9-15)34-14-3-6-16(7-4-14)41-22(39)13-33-21(38)12-31/h5,8-9,14,16,20,34,37H,3-4,6-7,10-13,31H2,1-2H3,(H2,32,40)(H,33,38). The molecule has 7 N–H and O–H groups in total. The topological polar surface area (TPSA) is 175 Å². The fourth-order valence-electron chi connectivity index (χ4n) is 5.57. The quantitative estimate of drug-likeness (QED) is 0.296. The van der Waals surface area contributed by atoms with E-state index in [0.717, 1.165) is 0 Å². The number of nitrogens with one attached hydrogen (secondary N) is 2. The van der Waals surface area contributed by atoms with Crippen LogP contribution >= 0.6 is 0 Å². The summed E-state index contributed by atoms with van der Waals surface area (Å²) in [7, 11) is 0. The molecule has 0 bridgehead atoms. The van der Waals surface area contributed by atoms with E-state index in [0.29, 0.717) is 31.4 Å². The van der Waals surface area contributed by atoms with Crippen LogP contribution in [0.25, 0.3) is 5.69 Å². The predicted molar refractivity (Wildman–Crippen MR) is 142 cm³/mol. The van der Waals surface area contributed by atoms with Crippen LogP contribution in [0.15, 0.2) is 18.2 Å². The third-order valence-electron chi connectivity index (χ3n) is 7.48. The Morgan fingerprint density at radius 2 is 1.88 bits per heavy atom. The van der Waals surface area contributed by atoms with Crippen molar-refractivity contribution < 1.29 is 37.4 Å². The molecule has 1 heterocycles. The number of rotatable bonds is 8. The third kappa shape index (κ3) is 6.99. The number of alkyl halides is 3. The number of aliphatic hydroxyl groups excluding tert-OH is 1. The van der Waals surface area contributed by atoms with Gasteiger partial charge in [-0.05, 0) is 62.1 Å². The number of benzene rings is 1. The first-order valence-corrected chi connectivity index (χ1v) is 13.4. The number of anilines is 1. The van der Waals surface area contributed by atoms with Gasteiger partial charge in [0, 0.05) is 17.3 Å². The lowest BCUT2D eigenvalue weighted by atomic mass is 9.74. The van der Waals surface area contributed by atoms with E-state index in [9.17, 15) is 32.7 Å². The summed E-state index contributed by atoms with van der Waals surface area (Å²) in [6.45, 7) is 3.24. The smallest absolute Gasteiger partial charge is 0.435 e. The molecule has 1 saturated carbocycles. The molecule has 11 nitrogen and oxygen atoms in total. The van der Waals surface area contributed by atoms with E-state index in [1.54, 1.807) is 0 Å². The highest BCUT2D eigenvalue weighted by molar-refractivity contribution is 5.99. The second kappa shape index (κ2) is 11.7. The van der Waals surface area contributed by atoms with Crippen molar-refractivity contribution in [3.8, 4) is 5.69 Å². The molecule has 1 aromatic carbocycles. The molecule has 2 aliphatic rings. The number of primary amides is 1. The number of ether oxygens (including phenoxy) is 1. The van der Waals surface area contributed by atoms with E-state index in [-0.39, 0.29) is 60.6 Å². The number of hydrogen-bond acceptors (Lipinski definition) is 8. The van der Waals surface area contributed by atoms with Gasteiger partial charge in [0.1, 0.15) is 12.6 Å². The summed E-state index contributed by atoms with van der Waals surface area (Å²) in [6, 6.07) is 4.32. The zero-order valence-corrected chi connectivity index (χ0v) is 22.9. The summed E-state index contributed by atoms with van der Waals surface area (Å²) in [5, 5.41) is 20.2. The number of carbonyl (C=O) groups is 3. The van der Waals surface area contributed by atoms with E-state index in [2.05, 4.69) is 15.7 Å². The summed E-state index contributed by atoms with van der Waals surface area (Å²) in [4.78, 5) is 35.4. The van der Waals surface area contributed by atoms with Crippen LogP contribution in [0.5, 0.6) is 0 Å². The summed E-state index contributed by atoms with van der Waals surface area (Å²) in [6.07, 6.45) is -3.79. The first-order valence-electron chi connectivity index (χ1n) is 13.4. The Hall–Kier alpha value is -3.65. The number of hydrogen-bond donors (Lipinski definition) is 5. The minimum Gasteiger partial charge on any atom is -0.461 e. The molecule has 41 heavy (non-hydrogen) atoms. The lowest BCUT2D eigenvalue weighted by Gasteiger charge is -2.33. The molecule has 1 aromatic heterocycles. The predicted octanol–water partition coefficient (Wildman–Crippen LogP) is 2.34. The first kappa shape index (κ1) is 30.3. The molecule has 1 fully saturated rings. The highest BCUT2D eigenvalue weighted by Gasteiger charge is 2.45. The maximum absolute atomic E-state index is 13.9. The van der Waals surface area contributed by atoms with Crippen LogP contribution in [-0.4, -0.2) is 57.9 Å². The van der Waals surface area contributed by atoms with E-state index < -0.39 is 41.2 Å². The van der Waals surface area contributed by atoms with Gasteiger partial charge in [0.25, 0.3) is 5.91 Å². The monoisotopic (exact) mass is 580 g/mol. The number of esters is 1. The van der Waals surface area contributed by atoms with Gasteiger partial charge in [0.15, 0.2) is 5.69 Å². The van der Waals surface area contributed by atoms with Gasteiger partial charge in [-0.15, -0.1) is 0 Å².